The summed E-state index contributed by atoms with van der Waals surface area (Å²) in [5.41, 5.74) is 2.04. The normalized spacial score (nSPS) is 26.7. The standard InChI is InChI=1S/C16H26N4O/c1-12-10-13(2)20(17-12)11-16(21)19-9-5-7-15(19)14-6-4-8-18(14)3/h10,14-15H,4-9,11H2,1-3H3/t14-,15+/m1/s1. The maximum absolute atomic E-state index is 12.7. The molecule has 2 aliphatic heterocycles. The van der Waals surface area contributed by atoms with Crippen LogP contribution in [0.1, 0.15) is 37.1 Å². The maximum Gasteiger partial charge on any atom is 0.244 e. The van der Waals surface area contributed by atoms with Gasteiger partial charge in [-0.25, -0.2) is 0 Å². The lowest BCUT2D eigenvalue weighted by Gasteiger charge is -2.33. The molecule has 0 radical (unpaired) electrons. The number of amides is 1. The van der Waals surface area contributed by atoms with Crippen LogP contribution in [-0.4, -0.2) is 57.7 Å². The number of nitrogens with zero attached hydrogens (tertiary/aromatic N) is 4. The van der Waals surface area contributed by atoms with E-state index in [0.717, 1.165) is 30.8 Å². The Kier molecular flexibility index (Phi) is 4.02. The van der Waals surface area contributed by atoms with Crippen molar-refractivity contribution in [1.82, 2.24) is 19.6 Å². The van der Waals surface area contributed by atoms with Gasteiger partial charge in [0.25, 0.3) is 0 Å². The Bertz CT molecular complexity index is 524. The van der Waals surface area contributed by atoms with Crippen LogP contribution in [0.4, 0.5) is 0 Å². The average Bonchev–Trinajstić information content (AvgIpc) is 3.10. The molecule has 1 aromatic heterocycles. The van der Waals surface area contributed by atoms with Crippen LogP contribution in [0.25, 0.3) is 0 Å². The minimum Gasteiger partial charge on any atom is -0.337 e. The molecule has 0 bridgehead atoms. The molecular weight excluding hydrogens is 264 g/mol. The molecule has 5 heteroatoms. The quantitative estimate of drug-likeness (QED) is 0.849. The molecule has 3 rings (SSSR count). The number of carbonyl (C=O) groups excluding carboxylic acids is 1. The van der Waals surface area contributed by atoms with E-state index in [9.17, 15) is 4.79 Å². The second-order valence-corrected chi connectivity index (χ2v) is 6.57. The van der Waals surface area contributed by atoms with Crippen LogP contribution in [0, 0.1) is 13.8 Å². The smallest absolute Gasteiger partial charge is 0.244 e. The number of rotatable bonds is 3. The fraction of sp³-hybridized carbons (Fsp3) is 0.750. The summed E-state index contributed by atoms with van der Waals surface area (Å²) in [5.74, 6) is 0.226. The molecule has 2 saturated heterocycles. The van der Waals surface area contributed by atoms with E-state index in [1.165, 1.54) is 19.4 Å². The van der Waals surface area contributed by atoms with Crippen molar-refractivity contribution in [3.8, 4) is 0 Å². The molecule has 21 heavy (non-hydrogen) atoms. The Morgan fingerprint density at radius 3 is 2.57 bits per heavy atom. The SMILES string of the molecule is Cc1cc(C)n(CC(=O)N2CCC[C@H]2[C@H]2CCCN2C)n1. The lowest BCUT2D eigenvalue weighted by Crippen LogP contribution is -2.48. The van der Waals surface area contributed by atoms with Gasteiger partial charge in [-0.15, -0.1) is 0 Å². The van der Waals surface area contributed by atoms with Gasteiger partial charge in [-0.2, -0.15) is 5.10 Å². The molecule has 0 unspecified atom stereocenters. The Morgan fingerprint density at radius 2 is 1.95 bits per heavy atom. The minimum atomic E-state index is 0.226. The highest BCUT2D eigenvalue weighted by Gasteiger charge is 2.38. The second-order valence-electron chi connectivity index (χ2n) is 6.57. The van der Waals surface area contributed by atoms with Crippen molar-refractivity contribution < 1.29 is 4.79 Å². The lowest BCUT2D eigenvalue weighted by atomic mass is 10.0. The fourth-order valence-corrected chi connectivity index (χ4v) is 3.98. The third-order valence-corrected chi connectivity index (χ3v) is 5.03. The number of likely N-dealkylation sites (tertiary alicyclic amines) is 2. The molecule has 116 valence electrons. The summed E-state index contributed by atoms with van der Waals surface area (Å²) in [5, 5.41) is 4.42. The van der Waals surface area contributed by atoms with Gasteiger partial charge >= 0.3 is 0 Å². The summed E-state index contributed by atoms with van der Waals surface area (Å²) in [6.45, 7) is 6.44. The molecule has 2 fully saturated rings. The van der Waals surface area contributed by atoms with Gasteiger partial charge in [0.15, 0.2) is 0 Å². The van der Waals surface area contributed by atoms with Crippen LogP contribution in [-0.2, 0) is 11.3 Å². The van der Waals surface area contributed by atoms with Crippen molar-refractivity contribution in [2.24, 2.45) is 0 Å². The number of aryl methyl sites for hydroxylation is 2. The third-order valence-electron chi connectivity index (χ3n) is 5.03. The predicted molar refractivity (Wildman–Crippen MR) is 82.1 cm³/mol. The highest BCUT2D eigenvalue weighted by Crippen LogP contribution is 2.29. The molecule has 2 aliphatic rings. The van der Waals surface area contributed by atoms with Gasteiger partial charge in [0.1, 0.15) is 6.54 Å². The van der Waals surface area contributed by atoms with Gasteiger partial charge in [-0.3, -0.25) is 9.48 Å². The molecule has 1 aromatic rings. The summed E-state index contributed by atoms with van der Waals surface area (Å²) < 4.78 is 1.84. The Labute approximate surface area is 126 Å². The summed E-state index contributed by atoms with van der Waals surface area (Å²) >= 11 is 0. The Balaban J connectivity index is 1.70. The summed E-state index contributed by atoms with van der Waals surface area (Å²) in [6.07, 6.45) is 4.78. The summed E-state index contributed by atoms with van der Waals surface area (Å²) in [4.78, 5) is 17.2. The van der Waals surface area contributed by atoms with E-state index >= 15 is 0 Å². The first-order chi connectivity index (χ1) is 10.1. The van der Waals surface area contributed by atoms with Crippen LogP contribution >= 0.6 is 0 Å². The van der Waals surface area contributed by atoms with E-state index in [0.29, 0.717) is 18.6 Å². The van der Waals surface area contributed by atoms with Crippen LogP contribution in [0.15, 0.2) is 6.07 Å². The number of likely N-dealkylation sites (N-methyl/N-ethyl adjacent to an activating group) is 1. The van der Waals surface area contributed by atoms with Crippen LogP contribution in [0.3, 0.4) is 0 Å². The zero-order valence-electron chi connectivity index (χ0n) is 13.4. The molecule has 1 amide bonds. The molecule has 0 saturated carbocycles. The lowest BCUT2D eigenvalue weighted by molar-refractivity contribution is -0.133. The van der Waals surface area contributed by atoms with Crippen LogP contribution in [0.5, 0.6) is 0 Å². The van der Waals surface area contributed by atoms with E-state index in [2.05, 4.69) is 21.9 Å². The van der Waals surface area contributed by atoms with Crippen LogP contribution < -0.4 is 0 Å². The molecule has 2 atom stereocenters. The molecule has 0 spiro atoms. The summed E-state index contributed by atoms with van der Waals surface area (Å²) in [7, 11) is 2.19. The first-order valence-corrected chi connectivity index (χ1v) is 8.07. The second kappa shape index (κ2) is 5.79. The van der Waals surface area contributed by atoms with Crippen molar-refractivity contribution in [3.05, 3.63) is 17.5 Å². The van der Waals surface area contributed by atoms with Gasteiger partial charge in [0, 0.05) is 24.3 Å². The maximum atomic E-state index is 12.7. The minimum absolute atomic E-state index is 0.226. The fourth-order valence-electron chi connectivity index (χ4n) is 3.98. The zero-order valence-corrected chi connectivity index (χ0v) is 13.4. The van der Waals surface area contributed by atoms with Gasteiger partial charge in [-0.05, 0) is 59.2 Å². The molecular formula is C16H26N4O. The van der Waals surface area contributed by atoms with Crippen molar-refractivity contribution >= 4 is 5.91 Å². The van der Waals surface area contributed by atoms with Gasteiger partial charge < -0.3 is 9.80 Å². The molecule has 5 nitrogen and oxygen atoms in total. The monoisotopic (exact) mass is 290 g/mol. The topological polar surface area (TPSA) is 41.4 Å². The zero-order chi connectivity index (χ0) is 15.0. The first kappa shape index (κ1) is 14.6. The number of carbonyl (C=O) groups is 1. The van der Waals surface area contributed by atoms with Gasteiger partial charge in [0.2, 0.25) is 5.91 Å². The molecule has 0 aromatic carbocycles. The van der Waals surface area contributed by atoms with E-state index < -0.39 is 0 Å². The van der Waals surface area contributed by atoms with Gasteiger partial charge in [0.05, 0.1) is 5.69 Å². The average molecular weight is 290 g/mol. The van der Waals surface area contributed by atoms with Crippen molar-refractivity contribution in [2.45, 2.75) is 58.2 Å². The van der Waals surface area contributed by atoms with Gasteiger partial charge in [-0.1, -0.05) is 0 Å². The third kappa shape index (κ3) is 2.84. The Morgan fingerprint density at radius 1 is 1.24 bits per heavy atom. The van der Waals surface area contributed by atoms with Crippen molar-refractivity contribution in [2.75, 3.05) is 20.1 Å². The number of aromatic nitrogens is 2. The van der Waals surface area contributed by atoms with Crippen molar-refractivity contribution in [3.63, 3.8) is 0 Å². The molecule has 0 N–H and O–H groups in total. The van der Waals surface area contributed by atoms with E-state index in [1.807, 2.05) is 24.6 Å². The molecule has 0 aliphatic carbocycles. The highest BCUT2D eigenvalue weighted by atomic mass is 16.2. The van der Waals surface area contributed by atoms with Crippen molar-refractivity contribution in [1.29, 1.82) is 0 Å². The highest BCUT2D eigenvalue weighted by molar-refractivity contribution is 5.76. The van der Waals surface area contributed by atoms with E-state index in [4.69, 9.17) is 0 Å². The predicted octanol–water partition coefficient (Wildman–Crippen LogP) is 1.59. The Hall–Kier alpha value is -1.36. The van der Waals surface area contributed by atoms with E-state index in [-0.39, 0.29) is 5.91 Å². The van der Waals surface area contributed by atoms with Crippen LogP contribution in [0.2, 0.25) is 0 Å². The molecule has 3 heterocycles. The largest absolute Gasteiger partial charge is 0.337 e. The first-order valence-electron chi connectivity index (χ1n) is 8.07. The number of hydrogen-bond donors (Lipinski definition) is 0. The van der Waals surface area contributed by atoms with E-state index in [1.54, 1.807) is 0 Å². The summed E-state index contributed by atoms with van der Waals surface area (Å²) in [6, 6.07) is 2.98. The number of hydrogen-bond acceptors (Lipinski definition) is 3.